The molecule has 0 radical (unpaired) electrons. The van der Waals surface area contributed by atoms with Crippen molar-refractivity contribution >= 4 is 11.6 Å². The third kappa shape index (κ3) is 3.76. The predicted molar refractivity (Wildman–Crippen MR) is 83.6 cm³/mol. The van der Waals surface area contributed by atoms with Crippen molar-refractivity contribution in [2.24, 2.45) is 5.92 Å². The lowest BCUT2D eigenvalue weighted by Gasteiger charge is -2.38. The zero-order chi connectivity index (χ0) is 15.3. The quantitative estimate of drug-likeness (QED) is 0.901. The molecule has 0 unspecified atom stereocenters. The number of amides is 1. The SMILES string of the molecule is CCO[C@@]1(C(=O)Nc2ccc(OC)cc2)CCC[C@H](C)C1. The number of carbonyl (C=O) groups excluding carboxylic acids is 1. The minimum atomic E-state index is -0.674. The first-order valence-electron chi connectivity index (χ1n) is 7.69. The summed E-state index contributed by atoms with van der Waals surface area (Å²) in [5.41, 5.74) is 0.102. The van der Waals surface area contributed by atoms with Gasteiger partial charge in [0, 0.05) is 12.3 Å². The summed E-state index contributed by atoms with van der Waals surface area (Å²) in [5.74, 6) is 1.27. The van der Waals surface area contributed by atoms with E-state index in [1.807, 2.05) is 31.2 Å². The Kier molecular flexibility index (Phi) is 5.23. The smallest absolute Gasteiger partial charge is 0.256 e. The molecule has 116 valence electrons. The lowest BCUT2D eigenvalue weighted by molar-refractivity contribution is -0.147. The van der Waals surface area contributed by atoms with Crippen LogP contribution in [0.4, 0.5) is 5.69 Å². The Morgan fingerprint density at radius 3 is 2.67 bits per heavy atom. The van der Waals surface area contributed by atoms with Gasteiger partial charge in [-0.25, -0.2) is 0 Å². The van der Waals surface area contributed by atoms with Gasteiger partial charge in [-0.3, -0.25) is 4.79 Å². The van der Waals surface area contributed by atoms with Crippen molar-refractivity contribution in [3.8, 4) is 5.75 Å². The highest BCUT2D eigenvalue weighted by Gasteiger charge is 2.42. The molecule has 0 aliphatic heterocycles. The predicted octanol–water partition coefficient (Wildman–Crippen LogP) is 3.62. The van der Waals surface area contributed by atoms with Gasteiger partial charge in [-0.15, -0.1) is 0 Å². The van der Waals surface area contributed by atoms with Crippen LogP contribution in [0.5, 0.6) is 5.75 Å². The summed E-state index contributed by atoms with van der Waals surface area (Å²) >= 11 is 0. The maximum Gasteiger partial charge on any atom is 0.256 e. The Hall–Kier alpha value is -1.55. The summed E-state index contributed by atoms with van der Waals surface area (Å²) in [7, 11) is 1.63. The van der Waals surface area contributed by atoms with E-state index >= 15 is 0 Å². The summed E-state index contributed by atoms with van der Waals surface area (Å²) < 4.78 is 11.0. The number of nitrogens with one attached hydrogen (secondary N) is 1. The van der Waals surface area contributed by atoms with Gasteiger partial charge in [-0.1, -0.05) is 13.3 Å². The molecule has 1 fully saturated rings. The van der Waals surface area contributed by atoms with Crippen LogP contribution in [0.2, 0.25) is 0 Å². The number of hydrogen-bond donors (Lipinski definition) is 1. The minimum Gasteiger partial charge on any atom is -0.497 e. The molecule has 1 aliphatic carbocycles. The Morgan fingerprint density at radius 2 is 2.10 bits per heavy atom. The standard InChI is InChI=1S/C17H25NO3/c1-4-21-17(11-5-6-13(2)12-17)16(19)18-14-7-9-15(20-3)10-8-14/h7-10,13H,4-6,11-12H2,1-3H3,(H,18,19)/t13-,17-/m0/s1. The number of hydrogen-bond acceptors (Lipinski definition) is 3. The third-order valence-electron chi connectivity index (χ3n) is 4.14. The van der Waals surface area contributed by atoms with Gasteiger partial charge in [0.15, 0.2) is 0 Å². The van der Waals surface area contributed by atoms with E-state index in [2.05, 4.69) is 12.2 Å². The van der Waals surface area contributed by atoms with Crippen molar-refractivity contribution in [2.75, 3.05) is 19.0 Å². The molecule has 0 heterocycles. The van der Waals surface area contributed by atoms with Gasteiger partial charge in [0.25, 0.3) is 5.91 Å². The molecular weight excluding hydrogens is 266 g/mol. The van der Waals surface area contributed by atoms with Crippen LogP contribution in [0.3, 0.4) is 0 Å². The van der Waals surface area contributed by atoms with Crippen LogP contribution in [0.1, 0.15) is 39.5 Å². The number of anilines is 1. The third-order valence-corrected chi connectivity index (χ3v) is 4.14. The molecule has 1 aromatic rings. The molecule has 1 aromatic carbocycles. The molecule has 1 aliphatic rings. The molecule has 0 saturated heterocycles. The molecule has 4 nitrogen and oxygen atoms in total. The van der Waals surface area contributed by atoms with Crippen molar-refractivity contribution < 1.29 is 14.3 Å². The summed E-state index contributed by atoms with van der Waals surface area (Å²) in [6.07, 6.45) is 3.80. The first-order chi connectivity index (χ1) is 10.1. The fraction of sp³-hybridized carbons (Fsp3) is 0.588. The Balaban J connectivity index is 2.10. The number of methoxy groups -OCH3 is 1. The number of ether oxygens (including phenoxy) is 2. The van der Waals surface area contributed by atoms with E-state index in [0.29, 0.717) is 12.5 Å². The second-order valence-corrected chi connectivity index (χ2v) is 5.81. The summed E-state index contributed by atoms with van der Waals surface area (Å²) in [6.45, 7) is 4.69. The first-order valence-corrected chi connectivity index (χ1v) is 7.69. The fourth-order valence-corrected chi connectivity index (χ4v) is 3.10. The van der Waals surface area contributed by atoms with E-state index in [4.69, 9.17) is 9.47 Å². The molecule has 1 N–H and O–H groups in total. The van der Waals surface area contributed by atoms with Crippen molar-refractivity contribution in [2.45, 2.75) is 45.1 Å². The highest BCUT2D eigenvalue weighted by Crippen LogP contribution is 2.36. The van der Waals surface area contributed by atoms with Gasteiger partial charge in [-0.05, 0) is 56.4 Å². The summed E-state index contributed by atoms with van der Waals surface area (Å²) in [6, 6.07) is 7.38. The van der Waals surface area contributed by atoms with Gasteiger partial charge in [0.05, 0.1) is 7.11 Å². The lowest BCUT2D eigenvalue weighted by Crippen LogP contribution is -2.48. The fourth-order valence-electron chi connectivity index (χ4n) is 3.10. The van der Waals surface area contributed by atoms with Crippen LogP contribution < -0.4 is 10.1 Å². The molecule has 1 amide bonds. The van der Waals surface area contributed by atoms with Crippen LogP contribution in [0.25, 0.3) is 0 Å². The van der Waals surface area contributed by atoms with E-state index in [9.17, 15) is 4.79 Å². The first kappa shape index (κ1) is 15.8. The topological polar surface area (TPSA) is 47.6 Å². The monoisotopic (exact) mass is 291 g/mol. The van der Waals surface area contributed by atoms with E-state index in [1.165, 1.54) is 6.42 Å². The molecule has 2 atom stereocenters. The Bertz CT molecular complexity index is 467. The average Bonchev–Trinajstić information content (AvgIpc) is 2.48. The zero-order valence-electron chi connectivity index (χ0n) is 13.1. The molecule has 1 saturated carbocycles. The van der Waals surface area contributed by atoms with Crippen LogP contribution in [-0.4, -0.2) is 25.2 Å². The van der Waals surface area contributed by atoms with E-state index < -0.39 is 5.60 Å². The van der Waals surface area contributed by atoms with Crippen LogP contribution in [0, 0.1) is 5.92 Å². The maximum atomic E-state index is 12.7. The minimum absolute atomic E-state index is 0.0268. The second-order valence-electron chi connectivity index (χ2n) is 5.81. The number of rotatable bonds is 5. The number of carbonyl (C=O) groups is 1. The summed E-state index contributed by atoms with van der Waals surface area (Å²) in [5, 5.41) is 2.99. The van der Waals surface area contributed by atoms with Gasteiger partial charge in [0.2, 0.25) is 0 Å². The second kappa shape index (κ2) is 6.94. The molecule has 0 aromatic heterocycles. The van der Waals surface area contributed by atoms with Crippen molar-refractivity contribution in [1.29, 1.82) is 0 Å². The van der Waals surface area contributed by atoms with Crippen molar-refractivity contribution in [1.82, 2.24) is 0 Å². The molecule has 21 heavy (non-hydrogen) atoms. The maximum absolute atomic E-state index is 12.7. The largest absolute Gasteiger partial charge is 0.497 e. The highest BCUT2D eigenvalue weighted by molar-refractivity contribution is 5.97. The van der Waals surface area contributed by atoms with E-state index in [1.54, 1.807) is 7.11 Å². The average molecular weight is 291 g/mol. The van der Waals surface area contributed by atoms with Gasteiger partial charge in [-0.2, -0.15) is 0 Å². The normalized spacial score (nSPS) is 25.4. The van der Waals surface area contributed by atoms with Gasteiger partial charge < -0.3 is 14.8 Å². The van der Waals surface area contributed by atoms with Crippen molar-refractivity contribution in [3.63, 3.8) is 0 Å². The van der Waals surface area contributed by atoms with Gasteiger partial charge >= 0.3 is 0 Å². The van der Waals surface area contributed by atoms with Gasteiger partial charge in [0.1, 0.15) is 11.4 Å². The van der Waals surface area contributed by atoms with Crippen LogP contribution in [0.15, 0.2) is 24.3 Å². The molecule has 2 rings (SSSR count). The summed E-state index contributed by atoms with van der Waals surface area (Å²) in [4.78, 5) is 12.7. The van der Waals surface area contributed by atoms with E-state index in [-0.39, 0.29) is 5.91 Å². The lowest BCUT2D eigenvalue weighted by atomic mass is 9.78. The van der Waals surface area contributed by atoms with Crippen molar-refractivity contribution in [3.05, 3.63) is 24.3 Å². The Morgan fingerprint density at radius 1 is 1.38 bits per heavy atom. The zero-order valence-corrected chi connectivity index (χ0v) is 13.1. The Labute approximate surface area is 126 Å². The van der Waals surface area contributed by atoms with Crippen LogP contribution >= 0.6 is 0 Å². The van der Waals surface area contributed by atoms with Crippen LogP contribution in [-0.2, 0) is 9.53 Å². The molecular formula is C17H25NO3. The highest BCUT2D eigenvalue weighted by atomic mass is 16.5. The number of benzene rings is 1. The molecule has 0 bridgehead atoms. The van der Waals surface area contributed by atoms with E-state index in [0.717, 1.165) is 30.7 Å². The molecule has 4 heteroatoms. The molecule has 0 spiro atoms.